The van der Waals surface area contributed by atoms with E-state index in [1.165, 1.54) is 7.11 Å². The van der Waals surface area contributed by atoms with Crippen LogP contribution >= 0.6 is 0 Å². The summed E-state index contributed by atoms with van der Waals surface area (Å²) >= 11 is 0. The highest BCUT2D eigenvalue weighted by molar-refractivity contribution is 5.89. The molecule has 6 heteroatoms. The van der Waals surface area contributed by atoms with E-state index in [2.05, 4.69) is 5.32 Å². The molecule has 1 rings (SSSR count). The number of primary amides is 1. The minimum Gasteiger partial charge on any atom is -0.368 e. The summed E-state index contributed by atoms with van der Waals surface area (Å²) in [7, 11) is 1.42. The molecule has 0 spiro atoms. The lowest BCUT2D eigenvalue weighted by atomic mass is 10.1. The summed E-state index contributed by atoms with van der Waals surface area (Å²) in [5.41, 5.74) is 5.96. The van der Waals surface area contributed by atoms with Gasteiger partial charge in [0.25, 0.3) is 5.91 Å². The number of ether oxygens (including phenoxy) is 1. The topological polar surface area (TPSA) is 105 Å². The van der Waals surface area contributed by atoms with Crippen LogP contribution in [0.4, 0.5) is 0 Å². The molecule has 0 aliphatic rings. The van der Waals surface area contributed by atoms with Crippen LogP contribution in [0.5, 0.6) is 0 Å². The highest BCUT2D eigenvalue weighted by Crippen LogP contribution is 2.16. The Morgan fingerprint density at radius 3 is 2.57 bits per heavy atom. The average molecular weight is 289 g/mol. The number of methoxy groups -OCH3 is 1. The van der Waals surface area contributed by atoms with Gasteiger partial charge in [-0.3, -0.25) is 9.59 Å². The second kappa shape index (κ2) is 8.72. The molecular weight excluding hydrogens is 270 g/mol. The number of nitrogens with one attached hydrogen (secondary N) is 1. The Labute approximate surface area is 123 Å². The van der Waals surface area contributed by atoms with Gasteiger partial charge in [0.05, 0.1) is 6.07 Å². The van der Waals surface area contributed by atoms with Gasteiger partial charge in [-0.1, -0.05) is 30.3 Å². The zero-order valence-corrected chi connectivity index (χ0v) is 11.9. The van der Waals surface area contributed by atoms with Crippen molar-refractivity contribution in [2.45, 2.75) is 31.4 Å². The van der Waals surface area contributed by atoms with Gasteiger partial charge >= 0.3 is 0 Å². The molecule has 2 amide bonds. The molecule has 3 N–H and O–H groups in total. The van der Waals surface area contributed by atoms with E-state index in [1.54, 1.807) is 24.3 Å². The molecule has 0 aromatic heterocycles. The highest BCUT2D eigenvalue weighted by Gasteiger charge is 2.24. The van der Waals surface area contributed by atoms with Gasteiger partial charge in [0.1, 0.15) is 6.04 Å². The number of unbranched alkanes of at least 4 members (excludes halogenated alkanes) is 1. The number of nitrogens with zero attached hydrogens (tertiary/aromatic N) is 1. The van der Waals surface area contributed by atoms with Crippen molar-refractivity contribution in [3.8, 4) is 6.07 Å². The third-order valence-electron chi connectivity index (χ3n) is 3.02. The summed E-state index contributed by atoms with van der Waals surface area (Å²) in [5.74, 6) is -1.05. The molecule has 6 nitrogen and oxygen atoms in total. The summed E-state index contributed by atoms with van der Waals surface area (Å²) in [4.78, 5) is 23.6. The Kier molecular flexibility index (Phi) is 6.92. The Bertz CT molecular complexity index is 511. The standard InChI is InChI=1S/C15H19N3O3/c1-21-13(11-7-3-2-4-8-11)15(20)18-12(14(17)19)9-5-6-10-16/h2-4,7-8,12-13H,5-6,9H2,1H3,(H2,17,19)(H,18,20)/t12-,13-/m1/s1. The van der Waals surface area contributed by atoms with Crippen molar-refractivity contribution in [2.75, 3.05) is 7.11 Å². The van der Waals surface area contributed by atoms with Crippen molar-refractivity contribution in [2.24, 2.45) is 5.73 Å². The van der Waals surface area contributed by atoms with Crippen LogP contribution in [-0.2, 0) is 14.3 Å². The fourth-order valence-corrected chi connectivity index (χ4v) is 1.94. The molecule has 112 valence electrons. The van der Waals surface area contributed by atoms with Crippen LogP contribution in [0.25, 0.3) is 0 Å². The Morgan fingerprint density at radius 2 is 2.05 bits per heavy atom. The largest absolute Gasteiger partial charge is 0.368 e. The number of hydrogen-bond donors (Lipinski definition) is 2. The minimum absolute atomic E-state index is 0.312. The second-order valence-corrected chi connectivity index (χ2v) is 4.54. The third-order valence-corrected chi connectivity index (χ3v) is 3.02. The quantitative estimate of drug-likeness (QED) is 0.697. The van der Waals surface area contributed by atoms with Crippen LogP contribution in [0.1, 0.15) is 30.9 Å². The summed E-state index contributed by atoms with van der Waals surface area (Å²) in [6, 6.07) is 10.2. The number of nitriles is 1. The average Bonchev–Trinajstić information content (AvgIpc) is 2.48. The fourth-order valence-electron chi connectivity index (χ4n) is 1.94. The van der Waals surface area contributed by atoms with Gasteiger partial charge in [0, 0.05) is 13.5 Å². The molecule has 0 radical (unpaired) electrons. The fraction of sp³-hybridized carbons (Fsp3) is 0.400. The molecular formula is C15H19N3O3. The van der Waals surface area contributed by atoms with E-state index in [4.69, 9.17) is 15.7 Å². The molecule has 0 aliphatic carbocycles. The van der Waals surface area contributed by atoms with E-state index in [1.807, 2.05) is 12.1 Å². The van der Waals surface area contributed by atoms with Crippen LogP contribution in [0, 0.1) is 11.3 Å². The predicted molar refractivity (Wildman–Crippen MR) is 76.8 cm³/mol. The Balaban J connectivity index is 2.71. The van der Waals surface area contributed by atoms with Gasteiger partial charge in [-0.25, -0.2) is 0 Å². The number of carbonyl (C=O) groups excluding carboxylic acids is 2. The molecule has 0 heterocycles. The lowest BCUT2D eigenvalue weighted by Gasteiger charge is -2.20. The van der Waals surface area contributed by atoms with Gasteiger partial charge < -0.3 is 15.8 Å². The summed E-state index contributed by atoms with van der Waals surface area (Å²) in [6.45, 7) is 0. The molecule has 0 aliphatic heterocycles. The maximum Gasteiger partial charge on any atom is 0.254 e. The van der Waals surface area contributed by atoms with E-state index >= 15 is 0 Å². The molecule has 1 aromatic rings. The summed E-state index contributed by atoms with van der Waals surface area (Å²) in [5, 5.41) is 11.1. The monoisotopic (exact) mass is 289 g/mol. The van der Waals surface area contributed by atoms with Crippen molar-refractivity contribution in [1.29, 1.82) is 5.26 Å². The van der Waals surface area contributed by atoms with E-state index < -0.39 is 24.0 Å². The van der Waals surface area contributed by atoms with Crippen LogP contribution < -0.4 is 11.1 Å². The number of nitrogens with two attached hydrogens (primary N) is 1. The first-order chi connectivity index (χ1) is 10.1. The van der Waals surface area contributed by atoms with Gasteiger partial charge in [0.2, 0.25) is 5.91 Å². The first kappa shape index (κ1) is 16.7. The normalized spacial score (nSPS) is 13.0. The number of benzene rings is 1. The predicted octanol–water partition coefficient (Wildman–Crippen LogP) is 1.04. The Hall–Kier alpha value is -2.39. The lowest BCUT2D eigenvalue weighted by molar-refractivity contribution is -0.135. The number of hydrogen-bond acceptors (Lipinski definition) is 4. The number of rotatable bonds is 8. The zero-order valence-electron chi connectivity index (χ0n) is 11.9. The van der Waals surface area contributed by atoms with Crippen molar-refractivity contribution < 1.29 is 14.3 Å². The van der Waals surface area contributed by atoms with Gasteiger partial charge in [-0.2, -0.15) is 5.26 Å². The second-order valence-electron chi connectivity index (χ2n) is 4.54. The number of carbonyl (C=O) groups is 2. The van der Waals surface area contributed by atoms with Crippen molar-refractivity contribution in [3.63, 3.8) is 0 Å². The van der Waals surface area contributed by atoms with E-state index in [9.17, 15) is 9.59 Å². The van der Waals surface area contributed by atoms with Crippen LogP contribution in [0.3, 0.4) is 0 Å². The van der Waals surface area contributed by atoms with Crippen LogP contribution in [0.15, 0.2) is 30.3 Å². The lowest BCUT2D eigenvalue weighted by Crippen LogP contribution is -2.46. The molecule has 21 heavy (non-hydrogen) atoms. The molecule has 2 atom stereocenters. The maximum absolute atomic E-state index is 12.2. The molecule has 0 saturated heterocycles. The Morgan fingerprint density at radius 1 is 1.38 bits per heavy atom. The van der Waals surface area contributed by atoms with E-state index in [0.717, 1.165) is 0 Å². The number of amides is 2. The third kappa shape index (κ3) is 5.24. The van der Waals surface area contributed by atoms with Crippen LogP contribution in [-0.4, -0.2) is 25.0 Å². The highest BCUT2D eigenvalue weighted by atomic mass is 16.5. The van der Waals surface area contributed by atoms with Gasteiger partial charge in [-0.15, -0.1) is 0 Å². The first-order valence-corrected chi connectivity index (χ1v) is 6.64. The smallest absolute Gasteiger partial charge is 0.254 e. The summed E-state index contributed by atoms with van der Waals surface area (Å²) in [6.07, 6.45) is 0.336. The molecule has 0 fully saturated rings. The molecule has 1 aromatic carbocycles. The molecule has 0 unspecified atom stereocenters. The van der Waals surface area contributed by atoms with Gasteiger partial charge in [-0.05, 0) is 18.4 Å². The SMILES string of the molecule is CO[C@@H](C(=O)N[C@H](CCCC#N)C(N)=O)c1ccccc1. The minimum atomic E-state index is -0.802. The van der Waals surface area contributed by atoms with E-state index in [0.29, 0.717) is 24.8 Å². The van der Waals surface area contributed by atoms with Crippen molar-refractivity contribution >= 4 is 11.8 Å². The zero-order chi connectivity index (χ0) is 15.7. The molecule has 0 saturated carbocycles. The van der Waals surface area contributed by atoms with Crippen LogP contribution in [0.2, 0.25) is 0 Å². The van der Waals surface area contributed by atoms with Crippen molar-refractivity contribution in [3.05, 3.63) is 35.9 Å². The molecule has 0 bridgehead atoms. The van der Waals surface area contributed by atoms with Gasteiger partial charge in [0.15, 0.2) is 6.10 Å². The maximum atomic E-state index is 12.2. The first-order valence-electron chi connectivity index (χ1n) is 6.64. The van der Waals surface area contributed by atoms with E-state index in [-0.39, 0.29) is 0 Å². The summed E-state index contributed by atoms with van der Waals surface area (Å²) < 4.78 is 5.19. The van der Waals surface area contributed by atoms with Crippen molar-refractivity contribution in [1.82, 2.24) is 5.32 Å².